The molecule has 1 fully saturated rings. The summed E-state index contributed by atoms with van der Waals surface area (Å²) in [5, 5.41) is 32.1. The number of rotatable bonds is 2. The molecule has 0 spiro atoms. The average Bonchev–Trinajstić information content (AvgIpc) is 3.09. The van der Waals surface area contributed by atoms with Gasteiger partial charge in [0, 0.05) is 50.7 Å². The van der Waals surface area contributed by atoms with Crippen LogP contribution in [0.15, 0.2) is 30.3 Å². The Labute approximate surface area is 282 Å². The van der Waals surface area contributed by atoms with Gasteiger partial charge in [-0.2, -0.15) is 0 Å². The Balaban J connectivity index is -0.000000227. The van der Waals surface area contributed by atoms with E-state index in [1.807, 2.05) is 0 Å². The van der Waals surface area contributed by atoms with Crippen molar-refractivity contribution in [3.8, 4) is 0 Å². The van der Waals surface area contributed by atoms with E-state index < -0.39 is 42.7 Å². The number of carbonyl (C=O) groups excluding carboxylic acids is 2. The molecule has 0 bridgehead atoms. The van der Waals surface area contributed by atoms with Crippen LogP contribution < -0.4 is 0 Å². The predicted octanol–water partition coefficient (Wildman–Crippen LogP) is 5.52. The summed E-state index contributed by atoms with van der Waals surface area (Å²) in [5.41, 5.74) is 1.22. The number of carbonyl (C=O) groups is 6. The van der Waals surface area contributed by atoms with Gasteiger partial charge in [-0.1, -0.05) is 0 Å². The normalized spacial score (nSPS) is 10.9. The number of alkyl halides is 1. The van der Waals surface area contributed by atoms with Crippen LogP contribution in [0.2, 0.25) is 0 Å². The Kier molecular flexibility index (Phi) is 26.0. The Morgan fingerprint density at radius 2 is 1.21 bits per heavy atom. The van der Waals surface area contributed by atoms with Gasteiger partial charge in [-0.25, -0.2) is 21.5 Å². The van der Waals surface area contributed by atoms with E-state index in [-0.39, 0.29) is 43.4 Å². The minimum absolute atomic E-state index is 0. The summed E-state index contributed by atoms with van der Waals surface area (Å²) in [6.45, 7) is 5.31. The quantitative estimate of drug-likeness (QED) is 0.129. The number of aryl methyl sites for hydroxylation is 2. The van der Waals surface area contributed by atoms with Gasteiger partial charge < -0.3 is 20.4 Å². The van der Waals surface area contributed by atoms with Crippen LogP contribution in [0.3, 0.4) is 0 Å². The fourth-order valence-corrected chi connectivity index (χ4v) is 3.83. The summed E-state index contributed by atoms with van der Waals surface area (Å²) in [6.07, 6.45) is 0.781. The van der Waals surface area contributed by atoms with Crippen molar-refractivity contribution < 1.29 is 84.2 Å². The second-order valence-electron chi connectivity index (χ2n) is 7.26. The molecule has 1 heterocycles. The van der Waals surface area contributed by atoms with E-state index in [1.165, 1.54) is 24.3 Å². The fourth-order valence-electron chi connectivity index (χ4n) is 2.39. The number of hydrogen-bond acceptors (Lipinski definition) is 6. The van der Waals surface area contributed by atoms with Crippen molar-refractivity contribution in [2.24, 2.45) is 0 Å². The maximum atomic E-state index is 12.7. The first-order valence-electron chi connectivity index (χ1n) is 11.4. The van der Waals surface area contributed by atoms with E-state index >= 15 is 0 Å². The molecule has 0 radical (unpaired) electrons. The van der Waals surface area contributed by atoms with Crippen LogP contribution in [0.5, 0.6) is 0 Å². The van der Waals surface area contributed by atoms with Crippen LogP contribution in [0.25, 0.3) is 0 Å². The zero-order valence-corrected chi connectivity index (χ0v) is 28.3. The van der Waals surface area contributed by atoms with E-state index in [9.17, 15) is 32.3 Å². The molecule has 0 saturated carbocycles. The number of aromatic carboxylic acids is 2. The summed E-state index contributed by atoms with van der Waals surface area (Å²) in [5.74, 6) is -4.67. The van der Waals surface area contributed by atoms with Crippen LogP contribution in [0, 0.1) is 29.1 Å². The van der Waals surface area contributed by atoms with Crippen LogP contribution in [0.4, 0.5) is 13.2 Å². The summed E-state index contributed by atoms with van der Waals surface area (Å²) in [7, 11) is -1.00. The molecule has 2 aromatic rings. The topological polar surface area (TPSA) is 187 Å². The SMILES string of the molecule is CC(=O)O.CC(=O)O.Cc1cc(F)cc(I)c1C(=O)O.Cc1cc(F)ccc1C(=O)O.O=C1CCC(=O)N1I.[2H]CF.[Pd]. The van der Waals surface area contributed by atoms with Gasteiger partial charge in [-0.3, -0.25) is 23.6 Å². The molecule has 238 valence electrons. The monoisotopic (exact) mass is 920 g/mol. The molecule has 1 aliphatic rings. The van der Waals surface area contributed by atoms with Gasteiger partial charge in [0.05, 0.1) is 42.5 Å². The number of nitrogens with zero attached hydrogens (tertiary/aromatic N) is 1. The van der Waals surface area contributed by atoms with Crippen LogP contribution in [0.1, 0.15) is 59.9 Å². The van der Waals surface area contributed by atoms with Crippen molar-refractivity contribution in [3.63, 3.8) is 0 Å². The average molecular weight is 921 g/mol. The molecular formula is C25H28F3I2NO10Pd. The van der Waals surface area contributed by atoms with Crippen LogP contribution in [-0.4, -0.2) is 66.4 Å². The van der Waals surface area contributed by atoms with Gasteiger partial charge in [0.2, 0.25) is 11.8 Å². The molecule has 1 saturated heterocycles. The molecule has 2 aromatic carbocycles. The summed E-state index contributed by atoms with van der Waals surface area (Å²) >= 11 is 3.52. The number of carboxylic acid groups (broad SMARTS) is 4. The summed E-state index contributed by atoms with van der Waals surface area (Å²) < 4.78 is 42.2. The summed E-state index contributed by atoms with van der Waals surface area (Å²) in [6, 6.07) is 6.01. The van der Waals surface area contributed by atoms with Crippen molar-refractivity contribution in [3.05, 3.63) is 67.8 Å². The van der Waals surface area contributed by atoms with Gasteiger partial charge in [0.15, 0.2) is 0 Å². The molecule has 0 aromatic heterocycles. The number of carboxylic acids is 4. The first-order chi connectivity index (χ1) is 19.2. The third kappa shape index (κ3) is 22.0. The third-order valence-corrected chi connectivity index (χ3v) is 5.80. The first kappa shape index (κ1) is 43.8. The smallest absolute Gasteiger partial charge is 0.337 e. The fraction of sp³-hybridized carbons (Fsp3) is 0.280. The second-order valence-corrected chi connectivity index (χ2v) is 9.38. The maximum absolute atomic E-state index is 12.7. The number of benzene rings is 2. The molecule has 0 aliphatic carbocycles. The molecule has 42 heavy (non-hydrogen) atoms. The molecule has 2 amide bonds. The van der Waals surface area contributed by atoms with Crippen molar-refractivity contribution in [2.75, 3.05) is 7.15 Å². The van der Waals surface area contributed by atoms with Gasteiger partial charge >= 0.3 is 11.9 Å². The maximum Gasteiger partial charge on any atom is 0.337 e. The number of amides is 2. The first-order valence-corrected chi connectivity index (χ1v) is 12.7. The van der Waals surface area contributed by atoms with E-state index in [4.69, 9.17) is 31.4 Å². The minimum atomic E-state index is -1.03. The minimum Gasteiger partial charge on any atom is -0.481 e. The Morgan fingerprint density at radius 1 is 0.833 bits per heavy atom. The Hall–Kier alpha value is -2.63. The molecule has 17 heteroatoms. The zero-order chi connectivity index (χ0) is 33.7. The molecule has 0 unspecified atom stereocenters. The van der Waals surface area contributed by atoms with Crippen LogP contribution >= 0.6 is 45.5 Å². The van der Waals surface area contributed by atoms with Crippen molar-refractivity contribution in [1.82, 2.24) is 3.11 Å². The van der Waals surface area contributed by atoms with Crippen molar-refractivity contribution >= 4 is 81.1 Å². The molecule has 0 atom stereocenters. The molecule has 11 nitrogen and oxygen atoms in total. The Bertz CT molecular complexity index is 1200. The number of imide groups is 1. The van der Waals surface area contributed by atoms with E-state index in [0.29, 0.717) is 27.5 Å². The van der Waals surface area contributed by atoms with Crippen LogP contribution in [-0.2, 0) is 39.6 Å². The second kappa shape index (κ2) is 24.9. The van der Waals surface area contributed by atoms with Crippen molar-refractivity contribution in [1.29, 1.82) is 0 Å². The Morgan fingerprint density at radius 3 is 1.48 bits per heavy atom. The standard InChI is InChI=1S/C8H6FIO2.C8H7FO2.C4H4INO2.2C2H4O2.CH3F.Pd/c1-4-2-5(9)3-6(10)7(4)8(11)12;1-5-4-6(9)2-3-7(5)8(10)11;5-6-3(7)1-2-4(6)8;2*1-2(3)4;1-2;/h2-3H,1H3,(H,11,12);2-4H,1H3,(H,10,11);1-2H2;2*1H3,(H,3,4);1H3;/i;;;;;1D;. The molecule has 1 aliphatic heterocycles. The largest absolute Gasteiger partial charge is 0.481 e. The van der Waals surface area contributed by atoms with Gasteiger partial charge in [-0.15, -0.1) is 0 Å². The predicted molar refractivity (Wildman–Crippen MR) is 158 cm³/mol. The molecule has 4 N–H and O–H groups in total. The molecule has 3 rings (SSSR count). The number of hydrogen-bond donors (Lipinski definition) is 4. The van der Waals surface area contributed by atoms with E-state index in [0.717, 1.165) is 23.0 Å². The van der Waals surface area contributed by atoms with E-state index in [1.54, 1.807) is 59.3 Å². The van der Waals surface area contributed by atoms with Gasteiger partial charge in [0.25, 0.3) is 11.9 Å². The number of aliphatic carboxylic acids is 2. The zero-order valence-electron chi connectivity index (χ0n) is 23.4. The van der Waals surface area contributed by atoms with E-state index in [2.05, 4.69) is 0 Å². The summed E-state index contributed by atoms with van der Waals surface area (Å²) in [4.78, 5) is 60.0. The van der Waals surface area contributed by atoms with Gasteiger partial charge in [0.1, 0.15) is 11.6 Å². The molecular weight excluding hydrogens is 891 g/mol. The number of halogens is 5. The third-order valence-electron chi connectivity index (χ3n) is 3.88. The van der Waals surface area contributed by atoms with Crippen molar-refractivity contribution in [2.45, 2.75) is 40.5 Å². The van der Waals surface area contributed by atoms with Gasteiger partial charge in [-0.05, 0) is 77.9 Å².